The molecule has 1 fully saturated rings. The highest BCUT2D eigenvalue weighted by Crippen LogP contribution is 2.40. The quantitative estimate of drug-likeness (QED) is 0.791. The maximum Gasteiger partial charge on any atom is 0.322 e. The molecule has 2 rings (SSSR count). The number of rotatable bonds is 5. The number of carbonyl (C=O) groups excluding carboxylic acids is 1. The first kappa shape index (κ1) is 12.1. The normalized spacial score (nSPS) is 24.1. The van der Waals surface area contributed by atoms with Gasteiger partial charge in [-0.25, -0.2) is 0 Å². The van der Waals surface area contributed by atoms with Crippen molar-refractivity contribution in [3.05, 3.63) is 35.9 Å². The fourth-order valence-corrected chi connectivity index (χ4v) is 2.10. The van der Waals surface area contributed by atoms with Crippen LogP contribution in [0.15, 0.2) is 30.3 Å². The summed E-state index contributed by atoms with van der Waals surface area (Å²) in [7, 11) is 0. The third-order valence-corrected chi connectivity index (χ3v) is 3.12. The summed E-state index contributed by atoms with van der Waals surface area (Å²) in [6.45, 7) is 4.13. The Bertz CT molecular complexity index is 377. The molecule has 0 amide bonds. The van der Waals surface area contributed by atoms with Crippen molar-refractivity contribution in [1.29, 1.82) is 0 Å². The highest BCUT2D eigenvalue weighted by Gasteiger charge is 2.39. The second-order valence-corrected chi connectivity index (χ2v) is 4.50. The smallest absolute Gasteiger partial charge is 0.322 e. The lowest BCUT2D eigenvalue weighted by molar-refractivity contribution is -0.145. The zero-order chi connectivity index (χ0) is 12.3. The first-order valence-electron chi connectivity index (χ1n) is 6.20. The highest BCUT2D eigenvalue weighted by atomic mass is 16.5. The predicted octanol–water partition coefficient (Wildman–Crippen LogP) is 2.08. The molecule has 0 aliphatic heterocycles. The first-order valence-corrected chi connectivity index (χ1v) is 6.20. The van der Waals surface area contributed by atoms with Gasteiger partial charge in [0.25, 0.3) is 0 Å². The van der Waals surface area contributed by atoms with E-state index in [1.807, 2.05) is 19.9 Å². The molecule has 1 aromatic carbocycles. The minimum atomic E-state index is -0.214. The Morgan fingerprint density at radius 1 is 1.47 bits per heavy atom. The van der Waals surface area contributed by atoms with Gasteiger partial charge in [0.2, 0.25) is 0 Å². The number of ether oxygens (including phenoxy) is 1. The van der Waals surface area contributed by atoms with Crippen LogP contribution in [0.4, 0.5) is 0 Å². The summed E-state index contributed by atoms with van der Waals surface area (Å²) in [6.07, 6.45) is 1.10. The molecule has 0 spiro atoms. The van der Waals surface area contributed by atoms with E-state index >= 15 is 0 Å². The van der Waals surface area contributed by atoms with E-state index in [-0.39, 0.29) is 12.0 Å². The molecular weight excluding hydrogens is 214 g/mol. The van der Waals surface area contributed by atoms with Crippen molar-refractivity contribution in [3.8, 4) is 0 Å². The van der Waals surface area contributed by atoms with E-state index in [2.05, 4.69) is 29.6 Å². The van der Waals surface area contributed by atoms with Crippen LogP contribution in [0.5, 0.6) is 0 Å². The largest absolute Gasteiger partial charge is 0.465 e. The molecule has 17 heavy (non-hydrogen) atoms. The molecule has 3 nitrogen and oxygen atoms in total. The SMILES string of the molecule is CCOC(=O)C(C)NC1CC1c1ccccc1. The molecule has 3 atom stereocenters. The molecule has 0 bridgehead atoms. The van der Waals surface area contributed by atoms with Crippen molar-refractivity contribution >= 4 is 5.97 Å². The average Bonchev–Trinajstić information content (AvgIpc) is 3.10. The monoisotopic (exact) mass is 233 g/mol. The minimum Gasteiger partial charge on any atom is -0.465 e. The van der Waals surface area contributed by atoms with Gasteiger partial charge >= 0.3 is 5.97 Å². The van der Waals surface area contributed by atoms with Crippen molar-refractivity contribution in [1.82, 2.24) is 5.32 Å². The lowest BCUT2D eigenvalue weighted by Gasteiger charge is -2.12. The summed E-state index contributed by atoms with van der Waals surface area (Å²) in [5.41, 5.74) is 1.35. The van der Waals surface area contributed by atoms with Crippen LogP contribution in [0.2, 0.25) is 0 Å². The number of nitrogens with one attached hydrogen (secondary N) is 1. The van der Waals surface area contributed by atoms with Crippen molar-refractivity contribution in [2.75, 3.05) is 6.61 Å². The predicted molar refractivity (Wildman–Crippen MR) is 66.8 cm³/mol. The molecule has 1 saturated carbocycles. The van der Waals surface area contributed by atoms with Gasteiger partial charge in [0, 0.05) is 12.0 Å². The van der Waals surface area contributed by atoms with E-state index in [1.54, 1.807) is 0 Å². The Labute approximate surface area is 102 Å². The molecule has 1 N–H and O–H groups in total. The van der Waals surface area contributed by atoms with Crippen LogP contribution in [0.25, 0.3) is 0 Å². The highest BCUT2D eigenvalue weighted by molar-refractivity contribution is 5.75. The number of hydrogen-bond acceptors (Lipinski definition) is 3. The zero-order valence-electron chi connectivity index (χ0n) is 10.3. The second-order valence-electron chi connectivity index (χ2n) is 4.50. The number of hydrogen-bond donors (Lipinski definition) is 1. The first-order chi connectivity index (χ1) is 8.22. The summed E-state index contributed by atoms with van der Waals surface area (Å²) in [5.74, 6) is 0.388. The molecular formula is C14H19NO2. The zero-order valence-corrected chi connectivity index (χ0v) is 10.3. The van der Waals surface area contributed by atoms with E-state index in [4.69, 9.17) is 4.74 Å². The van der Waals surface area contributed by atoms with E-state index in [0.29, 0.717) is 18.6 Å². The van der Waals surface area contributed by atoms with E-state index in [9.17, 15) is 4.79 Å². The van der Waals surface area contributed by atoms with Crippen LogP contribution in [-0.4, -0.2) is 24.7 Å². The minimum absolute atomic E-state index is 0.161. The molecule has 1 aliphatic carbocycles. The maximum absolute atomic E-state index is 11.5. The Balaban J connectivity index is 1.82. The Kier molecular flexibility index (Phi) is 3.79. The molecule has 0 aromatic heterocycles. The van der Waals surface area contributed by atoms with E-state index < -0.39 is 0 Å². The van der Waals surface area contributed by atoms with Crippen LogP contribution < -0.4 is 5.32 Å². The molecule has 1 aliphatic rings. The fraction of sp³-hybridized carbons (Fsp3) is 0.500. The van der Waals surface area contributed by atoms with Gasteiger partial charge in [0.05, 0.1) is 6.61 Å². The lowest BCUT2D eigenvalue weighted by Crippen LogP contribution is -2.37. The van der Waals surface area contributed by atoms with Crippen molar-refractivity contribution in [2.45, 2.75) is 38.3 Å². The van der Waals surface area contributed by atoms with Gasteiger partial charge in [0.15, 0.2) is 0 Å². The van der Waals surface area contributed by atoms with Gasteiger partial charge in [-0.3, -0.25) is 4.79 Å². The number of esters is 1. The third kappa shape index (κ3) is 3.07. The van der Waals surface area contributed by atoms with Crippen LogP contribution in [-0.2, 0) is 9.53 Å². The van der Waals surface area contributed by atoms with Crippen LogP contribution in [0, 0.1) is 0 Å². The molecule has 92 valence electrons. The van der Waals surface area contributed by atoms with Crippen molar-refractivity contribution < 1.29 is 9.53 Å². The Morgan fingerprint density at radius 2 is 2.18 bits per heavy atom. The molecule has 1 aromatic rings. The molecule has 0 saturated heterocycles. The van der Waals surface area contributed by atoms with Gasteiger partial charge in [-0.1, -0.05) is 30.3 Å². The third-order valence-electron chi connectivity index (χ3n) is 3.12. The topological polar surface area (TPSA) is 38.3 Å². The summed E-state index contributed by atoms with van der Waals surface area (Å²) < 4.78 is 4.97. The number of carbonyl (C=O) groups is 1. The molecule has 0 radical (unpaired) electrons. The Hall–Kier alpha value is -1.35. The van der Waals surface area contributed by atoms with Gasteiger partial charge in [-0.15, -0.1) is 0 Å². The molecule has 3 unspecified atom stereocenters. The van der Waals surface area contributed by atoms with Crippen molar-refractivity contribution in [3.63, 3.8) is 0 Å². The number of benzene rings is 1. The second kappa shape index (κ2) is 5.32. The van der Waals surface area contributed by atoms with E-state index in [0.717, 1.165) is 6.42 Å². The summed E-state index contributed by atoms with van der Waals surface area (Å²) in [4.78, 5) is 11.5. The summed E-state index contributed by atoms with van der Waals surface area (Å²) >= 11 is 0. The van der Waals surface area contributed by atoms with E-state index in [1.165, 1.54) is 5.56 Å². The van der Waals surface area contributed by atoms with Gasteiger partial charge in [-0.2, -0.15) is 0 Å². The summed E-state index contributed by atoms with van der Waals surface area (Å²) in [5, 5.41) is 3.31. The van der Waals surface area contributed by atoms with Gasteiger partial charge < -0.3 is 10.1 Å². The molecule has 3 heteroatoms. The fourth-order valence-electron chi connectivity index (χ4n) is 2.10. The van der Waals surface area contributed by atoms with Crippen molar-refractivity contribution in [2.24, 2.45) is 0 Å². The van der Waals surface area contributed by atoms with Crippen LogP contribution >= 0.6 is 0 Å². The van der Waals surface area contributed by atoms with Gasteiger partial charge in [-0.05, 0) is 25.8 Å². The summed E-state index contributed by atoms with van der Waals surface area (Å²) in [6, 6.07) is 10.6. The average molecular weight is 233 g/mol. The van der Waals surface area contributed by atoms with Gasteiger partial charge in [0.1, 0.15) is 6.04 Å². The molecule has 0 heterocycles. The van der Waals surface area contributed by atoms with Crippen LogP contribution in [0.1, 0.15) is 31.7 Å². The van der Waals surface area contributed by atoms with Crippen LogP contribution in [0.3, 0.4) is 0 Å². The lowest BCUT2D eigenvalue weighted by atomic mass is 10.1. The standard InChI is InChI=1S/C14H19NO2/c1-3-17-14(16)10(2)15-13-9-12(13)11-7-5-4-6-8-11/h4-8,10,12-13,15H,3,9H2,1-2H3. The maximum atomic E-state index is 11.5. The Morgan fingerprint density at radius 3 is 2.82 bits per heavy atom.